The first kappa shape index (κ1) is 20.2. The standard InChI is InChI=1S/C29H30NP/c1-4-15-27(16-5-1)31(28-17-6-2-7-18-28,29-19-8-3-9-20-29)22-12-13-25(24-31)23-26-14-10-11-21-30-26/h1-11,14-21,25H,12-13,22-24H2. The number of hydrogen-bond donors (Lipinski definition) is 0. The predicted octanol–water partition coefficient (Wildman–Crippen LogP) is 5.56. The molecule has 1 unspecified atom stereocenters. The fraction of sp³-hybridized carbons (Fsp3) is 0.207. The molecule has 0 saturated carbocycles. The SMILES string of the molecule is c1ccc(P2(c3ccccc3)(c3ccccc3)CCCC(Cc3ccccn3)C2)cc1. The molecular weight excluding hydrogens is 393 g/mol. The summed E-state index contributed by atoms with van der Waals surface area (Å²) in [6, 6.07) is 40.6. The molecule has 0 N–H and O–H groups in total. The molecule has 5 rings (SSSR count). The van der Waals surface area contributed by atoms with E-state index < -0.39 is 6.60 Å². The van der Waals surface area contributed by atoms with Crippen molar-refractivity contribution in [3.05, 3.63) is 121 Å². The zero-order valence-electron chi connectivity index (χ0n) is 18.0. The average Bonchev–Trinajstić information content (AvgIpc) is 2.86. The Hall–Kier alpha value is -2.76. The van der Waals surface area contributed by atoms with Crippen molar-refractivity contribution in [2.24, 2.45) is 5.92 Å². The number of benzene rings is 3. The van der Waals surface area contributed by atoms with Crippen molar-refractivity contribution in [3.63, 3.8) is 0 Å². The van der Waals surface area contributed by atoms with E-state index in [2.05, 4.69) is 108 Å². The number of rotatable bonds is 5. The van der Waals surface area contributed by atoms with Gasteiger partial charge in [-0.25, -0.2) is 0 Å². The number of aromatic nitrogens is 1. The number of nitrogens with zero attached hydrogens (tertiary/aromatic N) is 1. The molecule has 2 heterocycles. The molecule has 4 aromatic rings. The maximum absolute atomic E-state index is 4.68. The van der Waals surface area contributed by atoms with Crippen LogP contribution in [0.3, 0.4) is 0 Å². The summed E-state index contributed by atoms with van der Waals surface area (Å²) >= 11 is 0. The molecule has 1 saturated heterocycles. The fourth-order valence-electron chi connectivity index (χ4n) is 5.98. The van der Waals surface area contributed by atoms with Gasteiger partial charge in [0.2, 0.25) is 0 Å². The van der Waals surface area contributed by atoms with Gasteiger partial charge in [-0.1, -0.05) is 0 Å². The molecule has 0 radical (unpaired) electrons. The molecule has 156 valence electrons. The topological polar surface area (TPSA) is 12.9 Å². The van der Waals surface area contributed by atoms with Gasteiger partial charge in [0.1, 0.15) is 0 Å². The maximum atomic E-state index is 4.68. The van der Waals surface area contributed by atoms with Gasteiger partial charge < -0.3 is 0 Å². The van der Waals surface area contributed by atoms with Crippen LogP contribution in [0, 0.1) is 5.92 Å². The Kier molecular flexibility index (Phi) is 5.47. The molecular formula is C29H30NP. The van der Waals surface area contributed by atoms with E-state index >= 15 is 0 Å². The molecule has 1 atom stereocenters. The van der Waals surface area contributed by atoms with Crippen LogP contribution in [-0.2, 0) is 6.42 Å². The van der Waals surface area contributed by atoms with E-state index in [0.29, 0.717) is 5.92 Å². The van der Waals surface area contributed by atoms with Gasteiger partial charge in [0, 0.05) is 0 Å². The summed E-state index contributed by atoms with van der Waals surface area (Å²) in [4.78, 5) is 4.68. The minimum atomic E-state index is -2.62. The average molecular weight is 424 g/mol. The minimum absolute atomic E-state index is 0.627. The van der Waals surface area contributed by atoms with E-state index in [1.54, 1.807) is 0 Å². The van der Waals surface area contributed by atoms with Gasteiger partial charge in [0.15, 0.2) is 0 Å². The zero-order valence-corrected chi connectivity index (χ0v) is 18.9. The van der Waals surface area contributed by atoms with Crippen molar-refractivity contribution in [1.29, 1.82) is 0 Å². The van der Waals surface area contributed by atoms with Crippen molar-refractivity contribution in [2.45, 2.75) is 19.3 Å². The van der Waals surface area contributed by atoms with Crippen molar-refractivity contribution in [1.82, 2.24) is 4.98 Å². The van der Waals surface area contributed by atoms with E-state index in [0.717, 1.165) is 6.42 Å². The summed E-state index contributed by atoms with van der Waals surface area (Å²) in [5.41, 5.74) is 1.22. The molecule has 1 aliphatic heterocycles. The molecule has 0 amide bonds. The van der Waals surface area contributed by atoms with Crippen LogP contribution in [0.1, 0.15) is 18.5 Å². The summed E-state index contributed by atoms with van der Waals surface area (Å²) < 4.78 is 0. The molecule has 0 spiro atoms. The Labute approximate surface area is 186 Å². The van der Waals surface area contributed by atoms with E-state index in [-0.39, 0.29) is 0 Å². The van der Waals surface area contributed by atoms with Crippen LogP contribution in [0.15, 0.2) is 115 Å². The first-order valence-electron chi connectivity index (χ1n) is 11.4. The van der Waals surface area contributed by atoms with Crippen molar-refractivity contribution in [3.8, 4) is 0 Å². The molecule has 1 aromatic heterocycles. The van der Waals surface area contributed by atoms with Crippen LogP contribution in [0.4, 0.5) is 0 Å². The van der Waals surface area contributed by atoms with Crippen LogP contribution in [0.2, 0.25) is 0 Å². The van der Waals surface area contributed by atoms with Gasteiger partial charge in [-0.05, 0) is 0 Å². The van der Waals surface area contributed by atoms with E-state index in [1.165, 1.54) is 46.8 Å². The van der Waals surface area contributed by atoms with Crippen LogP contribution < -0.4 is 15.9 Å². The molecule has 0 bridgehead atoms. The monoisotopic (exact) mass is 423 g/mol. The quantitative estimate of drug-likeness (QED) is 0.383. The summed E-state index contributed by atoms with van der Waals surface area (Å²) in [6.07, 6.45) is 8.01. The molecule has 31 heavy (non-hydrogen) atoms. The van der Waals surface area contributed by atoms with E-state index in [1.807, 2.05) is 12.3 Å². The Balaban J connectivity index is 1.75. The molecule has 3 aromatic carbocycles. The second kappa shape index (κ2) is 8.40. The second-order valence-electron chi connectivity index (χ2n) is 8.95. The van der Waals surface area contributed by atoms with Crippen LogP contribution in [-0.4, -0.2) is 17.3 Å². The Bertz CT molecular complexity index is 1010. The zero-order chi connectivity index (χ0) is 21.0. The van der Waals surface area contributed by atoms with Crippen molar-refractivity contribution >= 4 is 22.5 Å². The summed E-state index contributed by atoms with van der Waals surface area (Å²) in [5.74, 6) is 0.627. The third-order valence-electron chi connectivity index (χ3n) is 7.29. The number of pyridine rings is 1. The molecule has 1 nitrogen and oxygen atoms in total. The summed E-state index contributed by atoms with van der Waals surface area (Å²) in [7, 11) is 0. The van der Waals surface area contributed by atoms with Crippen molar-refractivity contribution in [2.75, 3.05) is 12.3 Å². The van der Waals surface area contributed by atoms with Gasteiger partial charge in [-0.3, -0.25) is 0 Å². The van der Waals surface area contributed by atoms with Gasteiger partial charge in [-0.15, -0.1) is 0 Å². The summed E-state index contributed by atoms with van der Waals surface area (Å²) in [6.45, 7) is -2.62. The Morgan fingerprint density at radius 3 is 1.65 bits per heavy atom. The van der Waals surface area contributed by atoms with Crippen LogP contribution in [0.25, 0.3) is 0 Å². The molecule has 1 aliphatic rings. The Morgan fingerprint density at radius 1 is 0.645 bits per heavy atom. The third kappa shape index (κ3) is 3.42. The first-order valence-corrected chi connectivity index (χ1v) is 14.0. The molecule has 0 aliphatic carbocycles. The van der Waals surface area contributed by atoms with Crippen molar-refractivity contribution < 1.29 is 0 Å². The van der Waals surface area contributed by atoms with Gasteiger partial charge in [0.25, 0.3) is 0 Å². The first-order chi connectivity index (χ1) is 15.3. The summed E-state index contributed by atoms with van der Waals surface area (Å²) in [5, 5.41) is 4.62. The predicted molar refractivity (Wildman–Crippen MR) is 136 cm³/mol. The third-order valence-corrected chi connectivity index (χ3v) is 14.5. The molecule has 1 fully saturated rings. The van der Waals surface area contributed by atoms with Crippen LogP contribution >= 0.6 is 6.60 Å². The van der Waals surface area contributed by atoms with E-state index in [9.17, 15) is 0 Å². The number of hydrogen-bond acceptors (Lipinski definition) is 1. The van der Waals surface area contributed by atoms with Gasteiger partial charge in [0.05, 0.1) is 0 Å². The van der Waals surface area contributed by atoms with E-state index in [4.69, 9.17) is 0 Å². The van der Waals surface area contributed by atoms with Gasteiger partial charge in [-0.2, -0.15) is 0 Å². The normalized spacial score (nSPS) is 20.9. The molecule has 2 heteroatoms. The second-order valence-corrected chi connectivity index (χ2v) is 14.3. The van der Waals surface area contributed by atoms with Crippen LogP contribution in [0.5, 0.6) is 0 Å². The fourth-order valence-corrected chi connectivity index (χ4v) is 13.5. The van der Waals surface area contributed by atoms with Gasteiger partial charge >= 0.3 is 186 Å². The Morgan fingerprint density at radius 2 is 1.16 bits per heavy atom.